The molecular formula is C11H10F3N3. The Morgan fingerprint density at radius 1 is 1.18 bits per heavy atom. The third-order valence-corrected chi connectivity index (χ3v) is 2.33. The summed E-state index contributed by atoms with van der Waals surface area (Å²) in [6.07, 6.45) is -1.20. The Hall–Kier alpha value is -1.98. The zero-order valence-electron chi connectivity index (χ0n) is 8.75. The maximum absolute atomic E-state index is 12.1. The summed E-state index contributed by atoms with van der Waals surface area (Å²) in [4.78, 5) is 3.89. The van der Waals surface area contributed by atoms with E-state index < -0.39 is 12.7 Å². The minimum Gasteiger partial charge on any atom is -0.398 e. The van der Waals surface area contributed by atoms with Crippen molar-refractivity contribution in [3.05, 3.63) is 30.6 Å². The number of nitrogen functional groups attached to an aromatic ring is 1. The summed E-state index contributed by atoms with van der Waals surface area (Å²) < 4.78 is 36.4. The van der Waals surface area contributed by atoms with Crippen molar-refractivity contribution >= 4 is 22.1 Å². The number of anilines is 2. The van der Waals surface area contributed by atoms with Gasteiger partial charge in [-0.2, -0.15) is 13.2 Å². The van der Waals surface area contributed by atoms with E-state index in [1.807, 2.05) is 0 Å². The average molecular weight is 241 g/mol. The topological polar surface area (TPSA) is 50.9 Å². The van der Waals surface area contributed by atoms with Crippen LogP contribution in [-0.4, -0.2) is 17.7 Å². The van der Waals surface area contributed by atoms with Crippen molar-refractivity contribution in [3.8, 4) is 0 Å². The molecule has 1 aromatic carbocycles. The molecule has 3 nitrogen and oxygen atoms in total. The van der Waals surface area contributed by atoms with Crippen LogP contribution in [0.5, 0.6) is 0 Å². The zero-order chi connectivity index (χ0) is 12.5. The number of hydrogen-bond acceptors (Lipinski definition) is 3. The molecule has 0 radical (unpaired) electrons. The van der Waals surface area contributed by atoms with Gasteiger partial charge in [-0.15, -0.1) is 0 Å². The Bertz CT molecular complexity index is 537. The molecule has 1 aromatic heterocycles. The van der Waals surface area contributed by atoms with Crippen molar-refractivity contribution < 1.29 is 13.2 Å². The van der Waals surface area contributed by atoms with E-state index in [0.717, 1.165) is 0 Å². The Morgan fingerprint density at radius 2 is 1.94 bits per heavy atom. The van der Waals surface area contributed by atoms with Gasteiger partial charge in [-0.25, -0.2) is 0 Å². The Labute approximate surface area is 95.4 Å². The summed E-state index contributed by atoms with van der Waals surface area (Å²) in [6, 6.07) is 4.72. The molecule has 0 atom stereocenters. The number of halogens is 3. The largest absolute Gasteiger partial charge is 0.405 e. The van der Waals surface area contributed by atoms with Gasteiger partial charge in [-0.1, -0.05) is 0 Å². The van der Waals surface area contributed by atoms with Crippen molar-refractivity contribution in [2.75, 3.05) is 17.6 Å². The second kappa shape index (κ2) is 4.12. The third-order valence-electron chi connectivity index (χ3n) is 2.33. The first kappa shape index (κ1) is 11.5. The van der Waals surface area contributed by atoms with Crippen molar-refractivity contribution in [2.45, 2.75) is 6.18 Å². The molecule has 0 spiro atoms. The highest BCUT2D eigenvalue weighted by atomic mass is 19.4. The number of hydrogen-bond donors (Lipinski definition) is 2. The SMILES string of the molecule is Nc1ccc(NCC(F)(F)F)c2ccncc12. The molecule has 0 unspecified atom stereocenters. The molecule has 2 rings (SSSR count). The lowest BCUT2D eigenvalue weighted by atomic mass is 10.1. The van der Waals surface area contributed by atoms with Crippen LogP contribution in [0.1, 0.15) is 0 Å². The fourth-order valence-electron chi connectivity index (χ4n) is 1.56. The number of fused-ring (bicyclic) bond motifs is 1. The molecule has 0 aliphatic heterocycles. The first-order chi connectivity index (χ1) is 7.97. The molecule has 0 aliphatic carbocycles. The predicted octanol–water partition coefficient (Wildman–Crippen LogP) is 2.79. The van der Waals surface area contributed by atoms with E-state index in [2.05, 4.69) is 10.3 Å². The first-order valence-electron chi connectivity index (χ1n) is 4.90. The molecular weight excluding hydrogens is 231 g/mol. The van der Waals surface area contributed by atoms with E-state index in [1.54, 1.807) is 12.1 Å². The molecule has 2 aromatic rings. The standard InChI is InChI=1S/C11H10F3N3/c12-11(13,14)6-17-10-2-1-9(15)8-5-16-4-3-7(8)10/h1-5,17H,6,15H2. The highest BCUT2D eigenvalue weighted by Crippen LogP contribution is 2.28. The minimum atomic E-state index is -4.25. The Morgan fingerprint density at radius 3 is 2.65 bits per heavy atom. The van der Waals surface area contributed by atoms with Gasteiger partial charge in [0.2, 0.25) is 0 Å². The van der Waals surface area contributed by atoms with Gasteiger partial charge in [0, 0.05) is 34.5 Å². The zero-order valence-corrected chi connectivity index (χ0v) is 8.75. The van der Waals surface area contributed by atoms with Gasteiger partial charge in [0.15, 0.2) is 0 Å². The van der Waals surface area contributed by atoms with Crippen LogP contribution in [0.4, 0.5) is 24.5 Å². The maximum atomic E-state index is 12.1. The summed E-state index contributed by atoms with van der Waals surface area (Å²) in [5, 5.41) is 3.61. The fraction of sp³-hybridized carbons (Fsp3) is 0.182. The molecule has 0 fully saturated rings. The van der Waals surface area contributed by atoms with Crippen LogP contribution in [-0.2, 0) is 0 Å². The molecule has 0 bridgehead atoms. The molecule has 6 heteroatoms. The number of benzene rings is 1. The van der Waals surface area contributed by atoms with Crippen LogP contribution in [0, 0.1) is 0 Å². The predicted molar refractivity (Wildman–Crippen MR) is 60.7 cm³/mol. The number of alkyl halides is 3. The number of pyridine rings is 1. The first-order valence-corrected chi connectivity index (χ1v) is 4.90. The van der Waals surface area contributed by atoms with Gasteiger partial charge in [-0.05, 0) is 18.2 Å². The highest BCUT2D eigenvalue weighted by molar-refractivity contribution is 6.00. The second-order valence-electron chi connectivity index (χ2n) is 3.59. The number of rotatable bonds is 2. The van der Waals surface area contributed by atoms with E-state index in [1.165, 1.54) is 18.5 Å². The van der Waals surface area contributed by atoms with Gasteiger partial charge in [-0.3, -0.25) is 4.98 Å². The van der Waals surface area contributed by atoms with E-state index >= 15 is 0 Å². The summed E-state index contributed by atoms with van der Waals surface area (Å²) in [5.41, 5.74) is 6.61. The lowest BCUT2D eigenvalue weighted by molar-refractivity contribution is -0.115. The molecule has 90 valence electrons. The summed E-state index contributed by atoms with van der Waals surface area (Å²) >= 11 is 0. The highest BCUT2D eigenvalue weighted by Gasteiger charge is 2.26. The summed E-state index contributed by atoms with van der Waals surface area (Å²) in [6.45, 7) is -1.08. The lowest BCUT2D eigenvalue weighted by Gasteiger charge is -2.12. The number of nitrogens with two attached hydrogens (primary N) is 1. The number of nitrogens with zero attached hydrogens (tertiary/aromatic N) is 1. The van der Waals surface area contributed by atoms with Gasteiger partial charge in [0.1, 0.15) is 6.54 Å². The van der Waals surface area contributed by atoms with Crippen molar-refractivity contribution in [1.29, 1.82) is 0 Å². The molecule has 0 aliphatic rings. The smallest absolute Gasteiger partial charge is 0.398 e. The van der Waals surface area contributed by atoms with Crippen LogP contribution >= 0.6 is 0 Å². The average Bonchev–Trinajstić information content (AvgIpc) is 2.27. The minimum absolute atomic E-state index is 0.397. The fourth-order valence-corrected chi connectivity index (χ4v) is 1.56. The van der Waals surface area contributed by atoms with Crippen LogP contribution < -0.4 is 11.1 Å². The third kappa shape index (κ3) is 2.58. The van der Waals surface area contributed by atoms with Crippen molar-refractivity contribution in [1.82, 2.24) is 4.98 Å². The molecule has 0 amide bonds. The van der Waals surface area contributed by atoms with Gasteiger partial charge >= 0.3 is 6.18 Å². The van der Waals surface area contributed by atoms with E-state index in [0.29, 0.717) is 22.1 Å². The van der Waals surface area contributed by atoms with Crippen molar-refractivity contribution in [3.63, 3.8) is 0 Å². The van der Waals surface area contributed by atoms with Gasteiger partial charge < -0.3 is 11.1 Å². The maximum Gasteiger partial charge on any atom is 0.405 e. The lowest BCUT2D eigenvalue weighted by Crippen LogP contribution is -2.21. The van der Waals surface area contributed by atoms with Gasteiger partial charge in [0.25, 0.3) is 0 Å². The van der Waals surface area contributed by atoms with Gasteiger partial charge in [0.05, 0.1) is 0 Å². The number of nitrogens with one attached hydrogen (secondary N) is 1. The molecule has 1 heterocycles. The molecule has 0 saturated carbocycles. The molecule has 0 saturated heterocycles. The monoisotopic (exact) mass is 241 g/mol. The number of aromatic nitrogens is 1. The van der Waals surface area contributed by atoms with Crippen molar-refractivity contribution in [2.24, 2.45) is 0 Å². The molecule has 17 heavy (non-hydrogen) atoms. The van der Waals surface area contributed by atoms with Crippen LogP contribution in [0.15, 0.2) is 30.6 Å². The van der Waals surface area contributed by atoms with Crippen LogP contribution in [0.2, 0.25) is 0 Å². The summed E-state index contributed by atoms with van der Waals surface area (Å²) in [5.74, 6) is 0. The Kier molecular flexibility index (Phi) is 2.79. The normalized spacial score (nSPS) is 11.7. The van der Waals surface area contributed by atoms with Crippen LogP contribution in [0.3, 0.4) is 0 Å². The van der Waals surface area contributed by atoms with E-state index in [9.17, 15) is 13.2 Å². The van der Waals surface area contributed by atoms with Crippen LogP contribution in [0.25, 0.3) is 10.8 Å². The molecule has 3 N–H and O–H groups in total. The summed E-state index contributed by atoms with van der Waals surface area (Å²) in [7, 11) is 0. The van der Waals surface area contributed by atoms with E-state index in [4.69, 9.17) is 5.73 Å². The second-order valence-corrected chi connectivity index (χ2v) is 3.59. The Balaban J connectivity index is 2.38. The van der Waals surface area contributed by atoms with E-state index in [-0.39, 0.29) is 0 Å². The quantitative estimate of drug-likeness (QED) is 0.795.